The van der Waals surface area contributed by atoms with E-state index in [4.69, 9.17) is 4.99 Å². The summed E-state index contributed by atoms with van der Waals surface area (Å²) in [5, 5.41) is 3.58. The molecular weight excluding hydrogens is 360 g/mol. The van der Waals surface area contributed by atoms with Crippen LogP contribution in [0.3, 0.4) is 0 Å². The van der Waals surface area contributed by atoms with Crippen LogP contribution in [0.1, 0.15) is 24.8 Å². The molecule has 1 N–H and O–H groups in total. The molecule has 7 heteroatoms. The molecule has 1 unspecified atom stereocenters. The van der Waals surface area contributed by atoms with Crippen LogP contribution in [-0.4, -0.2) is 69.5 Å². The SMILES string of the molecule is Cc1cccc(N2CCN(C(=NCC3CCS(=O)(=O)C3)NC3CC3)CC2)c1. The Kier molecular flexibility index (Phi) is 5.30. The minimum Gasteiger partial charge on any atom is -0.368 e. The van der Waals surface area contributed by atoms with E-state index >= 15 is 0 Å². The number of aryl methyl sites for hydroxylation is 1. The largest absolute Gasteiger partial charge is 0.368 e. The van der Waals surface area contributed by atoms with Crippen LogP contribution in [0.2, 0.25) is 0 Å². The molecule has 0 radical (unpaired) electrons. The van der Waals surface area contributed by atoms with Gasteiger partial charge in [0.25, 0.3) is 0 Å². The van der Waals surface area contributed by atoms with Crippen molar-refractivity contribution in [1.82, 2.24) is 10.2 Å². The summed E-state index contributed by atoms with van der Waals surface area (Å²) < 4.78 is 23.4. The smallest absolute Gasteiger partial charge is 0.194 e. The van der Waals surface area contributed by atoms with Gasteiger partial charge in [-0.15, -0.1) is 0 Å². The van der Waals surface area contributed by atoms with Gasteiger partial charge in [0, 0.05) is 44.5 Å². The molecule has 148 valence electrons. The van der Waals surface area contributed by atoms with E-state index in [-0.39, 0.29) is 5.92 Å². The van der Waals surface area contributed by atoms with Crippen LogP contribution in [0, 0.1) is 12.8 Å². The van der Waals surface area contributed by atoms with E-state index in [0.717, 1.165) is 38.6 Å². The molecule has 3 fully saturated rings. The number of aliphatic imine (C=N–C) groups is 1. The maximum absolute atomic E-state index is 11.7. The van der Waals surface area contributed by atoms with Crippen LogP contribution < -0.4 is 10.2 Å². The van der Waals surface area contributed by atoms with Gasteiger partial charge in [-0.3, -0.25) is 4.99 Å². The molecule has 2 aliphatic heterocycles. The average Bonchev–Trinajstić information content (AvgIpc) is 3.40. The van der Waals surface area contributed by atoms with Crippen LogP contribution in [0.15, 0.2) is 29.3 Å². The van der Waals surface area contributed by atoms with Crippen molar-refractivity contribution in [3.05, 3.63) is 29.8 Å². The van der Waals surface area contributed by atoms with Crippen LogP contribution in [0.5, 0.6) is 0 Å². The topological polar surface area (TPSA) is 65.0 Å². The van der Waals surface area contributed by atoms with Gasteiger partial charge in [0.05, 0.1) is 11.5 Å². The molecule has 27 heavy (non-hydrogen) atoms. The third kappa shape index (κ3) is 4.94. The number of anilines is 1. The lowest BCUT2D eigenvalue weighted by molar-refractivity contribution is 0.370. The fourth-order valence-electron chi connectivity index (χ4n) is 3.88. The predicted octanol–water partition coefficient (Wildman–Crippen LogP) is 1.66. The first-order chi connectivity index (χ1) is 13.0. The van der Waals surface area contributed by atoms with Gasteiger partial charge < -0.3 is 15.1 Å². The molecule has 0 bridgehead atoms. The summed E-state index contributed by atoms with van der Waals surface area (Å²) in [6, 6.07) is 9.22. The second-order valence-corrected chi connectivity index (χ2v) is 10.4. The minimum absolute atomic E-state index is 0.180. The summed E-state index contributed by atoms with van der Waals surface area (Å²) in [5.74, 6) is 1.78. The third-order valence-corrected chi connectivity index (χ3v) is 7.52. The van der Waals surface area contributed by atoms with Gasteiger partial charge in [-0.2, -0.15) is 0 Å². The molecule has 6 nitrogen and oxygen atoms in total. The number of hydrogen-bond donors (Lipinski definition) is 1. The van der Waals surface area contributed by atoms with Gasteiger partial charge in [0.1, 0.15) is 0 Å². The van der Waals surface area contributed by atoms with Gasteiger partial charge in [-0.25, -0.2) is 8.42 Å². The maximum atomic E-state index is 11.7. The van der Waals surface area contributed by atoms with Gasteiger partial charge >= 0.3 is 0 Å². The van der Waals surface area contributed by atoms with E-state index in [9.17, 15) is 8.42 Å². The van der Waals surface area contributed by atoms with Crippen LogP contribution in [0.25, 0.3) is 0 Å². The highest BCUT2D eigenvalue weighted by molar-refractivity contribution is 7.91. The van der Waals surface area contributed by atoms with Crippen molar-refractivity contribution in [2.45, 2.75) is 32.2 Å². The monoisotopic (exact) mass is 390 g/mol. The van der Waals surface area contributed by atoms with Crippen molar-refractivity contribution >= 4 is 21.5 Å². The van der Waals surface area contributed by atoms with E-state index in [2.05, 4.69) is 46.3 Å². The molecule has 1 saturated carbocycles. The van der Waals surface area contributed by atoms with E-state index in [0.29, 0.717) is 24.1 Å². The van der Waals surface area contributed by atoms with Gasteiger partial charge in [0.2, 0.25) is 0 Å². The van der Waals surface area contributed by atoms with E-state index in [1.807, 2.05) is 0 Å². The number of rotatable bonds is 4. The molecule has 3 aliphatic rings. The lowest BCUT2D eigenvalue weighted by Crippen LogP contribution is -2.53. The van der Waals surface area contributed by atoms with Gasteiger partial charge in [-0.05, 0) is 49.8 Å². The third-order valence-electron chi connectivity index (χ3n) is 5.68. The standard InChI is InChI=1S/C20H30N4O2S/c1-16-3-2-4-19(13-16)23-8-10-24(11-9-23)20(22-18-5-6-18)21-14-17-7-12-27(25,26)15-17/h2-4,13,17-18H,5-12,14-15H2,1H3,(H,21,22). The molecular formula is C20H30N4O2S. The number of benzene rings is 1. The van der Waals surface area contributed by atoms with E-state index < -0.39 is 9.84 Å². The predicted molar refractivity (Wildman–Crippen MR) is 110 cm³/mol. The molecule has 1 aromatic carbocycles. The fourth-order valence-corrected chi connectivity index (χ4v) is 5.73. The van der Waals surface area contributed by atoms with Crippen molar-refractivity contribution in [2.75, 3.05) is 49.1 Å². The highest BCUT2D eigenvalue weighted by Gasteiger charge is 2.30. The van der Waals surface area contributed by atoms with E-state index in [1.54, 1.807) is 0 Å². The van der Waals surface area contributed by atoms with Crippen molar-refractivity contribution in [3.63, 3.8) is 0 Å². The zero-order valence-corrected chi connectivity index (χ0v) is 16.9. The van der Waals surface area contributed by atoms with Gasteiger partial charge in [-0.1, -0.05) is 12.1 Å². The Hall–Kier alpha value is -1.76. The van der Waals surface area contributed by atoms with Crippen LogP contribution in [0.4, 0.5) is 5.69 Å². The highest BCUT2D eigenvalue weighted by atomic mass is 32.2. The van der Waals surface area contributed by atoms with Crippen LogP contribution in [-0.2, 0) is 9.84 Å². The Morgan fingerprint density at radius 1 is 1.19 bits per heavy atom. The Morgan fingerprint density at radius 2 is 1.96 bits per heavy atom. The minimum atomic E-state index is -2.83. The molecule has 1 aromatic rings. The van der Waals surface area contributed by atoms with Crippen molar-refractivity contribution < 1.29 is 8.42 Å². The summed E-state index contributed by atoms with van der Waals surface area (Å²) >= 11 is 0. The van der Waals surface area contributed by atoms with Gasteiger partial charge in [0.15, 0.2) is 15.8 Å². The molecule has 0 spiro atoms. The number of sulfone groups is 1. The maximum Gasteiger partial charge on any atom is 0.194 e. The Bertz CT molecular complexity index is 796. The van der Waals surface area contributed by atoms with Crippen molar-refractivity contribution in [2.24, 2.45) is 10.9 Å². The highest BCUT2D eigenvalue weighted by Crippen LogP contribution is 2.22. The summed E-state index contributed by atoms with van der Waals surface area (Å²) in [6.07, 6.45) is 3.17. The first kappa shape index (κ1) is 18.6. The fraction of sp³-hybridized carbons (Fsp3) is 0.650. The number of guanidine groups is 1. The lowest BCUT2D eigenvalue weighted by atomic mass is 10.1. The first-order valence-electron chi connectivity index (χ1n) is 10.1. The molecule has 1 aliphatic carbocycles. The molecule has 4 rings (SSSR count). The zero-order chi connectivity index (χ0) is 18.9. The zero-order valence-electron chi connectivity index (χ0n) is 16.1. The Labute approximate surface area is 162 Å². The number of piperazine rings is 1. The second kappa shape index (κ2) is 7.70. The number of nitrogens with one attached hydrogen (secondary N) is 1. The Morgan fingerprint density at radius 3 is 2.59 bits per heavy atom. The normalized spacial score (nSPS) is 25.7. The summed E-state index contributed by atoms with van der Waals surface area (Å²) in [6.45, 7) is 6.59. The molecule has 0 amide bonds. The summed E-state index contributed by atoms with van der Waals surface area (Å²) in [7, 11) is -2.83. The average molecular weight is 391 g/mol. The molecule has 0 aromatic heterocycles. The second-order valence-electron chi connectivity index (χ2n) is 8.17. The summed E-state index contributed by atoms with van der Waals surface area (Å²) in [4.78, 5) is 9.61. The number of nitrogens with zero attached hydrogens (tertiary/aromatic N) is 3. The van der Waals surface area contributed by atoms with Crippen LogP contribution >= 0.6 is 0 Å². The molecule has 2 saturated heterocycles. The van der Waals surface area contributed by atoms with E-state index in [1.165, 1.54) is 24.1 Å². The first-order valence-corrected chi connectivity index (χ1v) is 11.9. The molecule has 2 heterocycles. The lowest BCUT2D eigenvalue weighted by Gasteiger charge is -2.38. The van der Waals surface area contributed by atoms with Crippen molar-refractivity contribution in [3.8, 4) is 0 Å². The molecule has 1 atom stereocenters. The Balaban J connectivity index is 1.37. The van der Waals surface area contributed by atoms with Crippen molar-refractivity contribution in [1.29, 1.82) is 0 Å². The number of hydrogen-bond acceptors (Lipinski definition) is 4. The summed E-state index contributed by atoms with van der Waals surface area (Å²) in [5.41, 5.74) is 2.58. The quantitative estimate of drug-likeness (QED) is 0.626.